The van der Waals surface area contributed by atoms with E-state index in [1.165, 1.54) is 13.4 Å². The Morgan fingerprint density at radius 2 is 1.83 bits per heavy atom. The minimum atomic E-state index is -0.388. The molecule has 1 aromatic heterocycles. The van der Waals surface area contributed by atoms with Gasteiger partial charge in [0.25, 0.3) is 0 Å². The SMILES string of the molecule is COC(=O)c1ccc(Cc2coc3cc(OC)ccc3c2=O)cc1. The second kappa shape index (κ2) is 6.58. The Bertz CT molecular complexity index is 938. The first-order chi connectivity index (χ1) is 11.6. The summed E-state index contributed by atoms with van der Waals surface area (Å²) in [6.45, 7) is 0. The van der Waals surface area contributed by atoms with Crippen LogP contribution in [-0.2, 0) is 11.2 Å². The summed E-state index contributed by atoms with van der Waals surface area (Å²) in [5.41, 5.74) is 2.35. The van der Waals surface area contributed by atoms with Crippen molar-refractivity contribution in [1.29, 1.82) is 0 Å². The van der Waals surface area contributed by atoms with Crippen molar-refractivity contribution in [1.82, 2.24) is 0 Å². The molecule has 122 valence electrons. The maximum absolute atomic E-state index is 12.6. The number of fused-ring (bicyclic) bond motifs is 1. The van der Waals surface area contributed by atoms with Gasteiger partial charge in [-0.15, -0.1) is 0 Å². The molecule has 0 bridgehead atoms. The van der Waals surface area contributed by atoms with E-state index in [2.05, 4.69) is 4.74 Å². The Kier molecular flexibility index (Phi) is 4.33. The van der Waals surface area contributed by atoms with E-state index in [0.29, 0.717) is 34.3 Å². The quantitative estimate of drug-likeness (QED) is 0.690. The van der Waals surface area contributed by atoms with E-state index in [1.807, 2.05) is 0 Å². The van der Waals surface area contributed by atoms with Gasteiger partial charge in [0.2, 0.25) is 0 Å². The van der Waals surface area contributed by atoms with Crippen LogP contribution in [0.1, 0.15) is 21.5 Å². The summed E-state index contributed by atoms with van der Waals surface area (Å²) >= 11 is 0. The van der Waals surface area contributed by atoms with E-state index in [1.54, 1.807) is 49.6 Å². The minimum Gasteiger partial charge on any atom is -0.497 e. The summed E-state index contributed by atoms with van der Waals surface area (Å²) in [7, 11) is 2.90. The van der Waals surface area contributed by atoms with E-state index in [4.69, 9.17) is 9.15 Å². The third-order valence-corrected chi connectivity index (χ3v) is 3.82. The van der Waals surface area contributed by atoms with E-state index in [0.717, 1.165) is 5.56 Å². The van der Waals surface area contributed by atoms with Crippen LogP contribution in [0.15, 0.2) is 57.9 Å². The van der Waals surface area contributed by atoms with Gasteiger partial charge >= 0.3 is 5.97 Å². The smallest absolute Gasteiger partial charge is 0.337 e. The van der Waals surface area contributed by atoms with Crippen LogP contribution >= 0.6 is 0 Å². The lowest BCUT2D eigenvalue weighted by Crippen LogP contribution is -2.09. The molecule has 3 aromatic rings. The predicted molar refractivity (Wildman–Crippen MR) is 89.6 cm³/mol. The molecule has 5 nitrogen and oxygen atoms in total. The van der Waals surface area contributed by atoms with Gasteiger partial charge in [-0.05, 0) is 29.8 Å². The summed E-state index contributed by atoms with van der Waals surface area (Å²) in [4.78, 5) is 24.0. The summed E-state index contributed by atoms with van der Waals surface area (Å²) in [6.07, 6.45) is 1.89. The van der Waals surface area contributed by atoms with Gasteiger partial charge in [-0.1, -0.05) is 12.1 Å². The lowest BCUT2D eigenvalue weighted by atomic mass is 10.0. The molecule has 0 radical (unpaired) electrons. The summed E-state index contributed by atoms with van der Waals surface area (Å²) in [5.74, 6) is 0.248. The molecule has 2 aromatic carbocycles. The molecule has 0 fully saturated rings. The van der Waals surface area contributed by atoms with Crippen molar-refractivity contribution < 1.29 is 18.7 Å². The zero-order chi connectivity index (χ0) is 17.1. The third kappa shape index (κ3) is 3.01. The van der Waals surface area contributed by atoms with Gasteiger partial charge in [0.05, 0.1) is 31.4 Å². The number of carbonyl (C=O) groups excluding carboxylic acids is 1. The first kappa shape index (κ1) is 15.8. The molecular weight excluding hydrogens is 308 g/mol. The Morgan fingerprint density at radius 3 is 2.50 bits per heavy atom. The second-order valence-corrected chi connectivity index (χ2v) is 5.32. The Hall–Kier alpha value is -3.08. The van der Waals surface area contributed by atoms with Crippen molar-refractivity contribution in [3.05, 3.63) is 75.6 Å². The van der Waals surface area contributed by atoms with Gasteiger partial charge in [0.1, 0.15) is 11.3 Å². The molecule has 0 aliphatic rings. The molecule has 1 heterocycles. The molecule has 0 unspecified atom stereocenters. The number of hydrogen-bond acceptors (Lipinski definition) is 5. The van der Waals surface area contributed by atoms with E-state index >= 15 is 0 Å². The molecule has 24 heavy (non-hydrogen) atoms. The molecule has 0 aliphatic heterocycles. The molecule has 5 heteroatoms. The molecule has 0 saturated carbocycles. The van der Waals surface area contributed by atoms with Gasteiger partial charge in [-0.25, -0.2) is 4.79 Å². The van der Waals surface area contributed by atoms with Crippen LogP contribution in [-0.4, -0.2) is 20.2 Å². The fourth-order valence-electron chi connectivity index (χ4n) is 2.49. The maximum Gasteiger partial charge on any atom is 0.337 e. The van der Waals surface area contributed by atoms with Crippen LogP contribution in [0, 0.1) is 0 Å². The number of esters is 1. The molecule has 0 atom stereocenters. The van der Waals surface area contributed by atoms with Crippen LogP contribution in [0.25, 0.3) is 11.0 Å². The highest BCUT2D eigenvalue weighted by Crippen LogP contribution is 2.19. The van der Waals surface area contributed by atoms with Crippen molar-refractivity contribution in [3.63, 3.8) is 0 Å². The number of rotatable bonds is 4. The lowest BCUT2D eigenvalue weighted by molar-refractivity contribution is 0.0600. The van der Waals surface area contributed by atoms with Gasteiger partial charge in [-0.3, -0.25) is 4.79 Å². The molecule has 0 aliphatic carbocycles. The topological polar surface area (TPSA) is 65.7 Å². The monoisotopic (exact) mass is 324 g/mol. The van der Waals surface area contributed by atoms with Crippen LogP contribution in [0.5, 0.6) is 5.75 Å². The number of ether oxygens (including phenoxy) is 2. The Labute approximate surface area is 138 Å². The molecular formula is C19H16O5. The standard InChI is InChI=1S/C19H16O5/c1-22-15-7-8-16-17(10-15)24-11-14(18(16)20)9-12-3-5-13(6-4-12)19(21)23-2/h3-8,10-11H,9H2,1-2H3. The van der Waals surface area contributed by atoms with Crippen molar-refractivity contribution >= 4 is 16.9 Å². The summed E-state index contributed by atoms with van der Waals surface area (Å²) in [6, 6.07) is 12.1. The van der Waals surface area contributed by atoms with Crippen LogP contribution in [0.3, 0.4) is 0 Å². The zero-order valence-corrected chi connectivity index (χ0v) is 13.4. The largest absolute Gasteiger partial charge is 0.497 e. The summed E-state index contributed by atoms with van der Waals surface area (Å²) in [5, 5.41) is 0.513. The van der Waals surface area contributed by atoms with E-state index in [9.17, 15) is 9.59 Å². The van der Waals surface area contributed by atoms with Gasteiger partial charge in [0.15, 0.2) is 5.43 Å². The fraction of sp³-hybridized carbons (Fsp3) is 0.158. The highest BCUT2D eigenvalue weighted by molar-refractivity contribution is 5.89. The fourth-order valence-corrected chi connectivity index (χ4v) is 2.49. The lowest BCUT2D eigenvalue weighted by Gasteiger charge is -2.05. The van der Waals surface area contributed by atoms with E-state index < -0.39 is 0 Å². The molecule has 0 spiro atoms. The molecule has 0 N–H and O–H groups in total. The van der Waals surface area contributed by atoms with Gasteiger partial charge in [-0.2, -0.15) is 0 Å². The summed E-state index contributed by atoms with van der Waals surface area (Å²) < 4.78 is 15.4. The first-order valence-electron chi connectivity index (χ1n) is 7.38. The third-order valence-electron chi connectivity index (χ3n) is 3.82. The van der Waals surface area contributed by atoms with Gasteiger partial charge in [0, 0.05) is 18.1 Å². The maximum atomic E-state index is 12.6. The van der Waals surface area contributed by atoms with Crippen LogP contribution in [0.4, 0.5) is 0 Å². The Morgan fingerprint density at radius 1 is 1.08 bits per heavy atom. The number of methoxy groups -OCH3 is 2. The highest BCUT2D eigenvalue weighted by atomic mass is 16.5. The minimum absolute atomic E-state index is 0.0732. The van der Waals surface area contributed by atoms with E-state index in [-0.39, 0.29) is 11.4 Å². The normalized spacial score (nSPS) is 10.6. The van der Waals surface area contributed by atoms with Crippen molar-refractivity contribution in [3.8, 4) is 5.75 Å². The van der Waals surface area contributed by atoms with Crippen molar-refractivity contribution in [2.75, 3.05) is 14.2 Å². The van der Waals surface area contributed by atoms with Crippen molar-refractivity contribution in [2.24, 2.45) is 0 Å². The average molecular weight is 324 g/mol. The van der Waals surface area contributed by atoms with Crippen molar-refractivity contribution in [2.45, 2.75) is 6.42 Å². The second-order valence-electron chi connectivity index (χ2n) is 5.32. The zero-order valence-electron chi connectivity index (χ0n) is 13.4. The predicted octanol–water partition coefficient (Wildman–Crippen LogP) is 3.18. The Balaban J connectivity index is 1.91. The molecule has 0 amide bonds. The molecule has 3 rings (SSSR count). The van der Waals surface area contributed by atoms with Gasteiger partial charge < -0.3 is 13.9 Å². The van der Waals surface area contributed by atoms with Crippen LogP contribution < -0.4 is 10.2 Å². The first-order valence-corrected chi connectivity index (χ1v) is 7.38. The van der Waals surface area contributed by atoms with Crippen LogP contribution in [0.2, 0.25) is 0 Å². The number of benzene rings is 2. The highest BCUT2D eigenvalue weighted by Gasteiger charge is 2.10. The molecule has 0 saturated heterocycles. The number of carbonyl (C=O) groups is 1. The number of hydrogen-bond donors (Lipinski definition) is 0. The average Bonchev–Trinajstić information content (AvgIpc) is 2.63.